The summed E-state index contributed by atoms with van der Waals surface area (Å²) >= 11 is 6.50. The summed E-state index contributed by atoms with van der Waals surface area (Å²) in [5.41, 5.74) is 6.66. The van der Waals surface area contributed by atoms with Gasteiger partial charge in [0, 0.05) is 42.9 Å². The normalized spacial score (nSPS) is 11.2. The third-order valence-corrected chi connectivity index (χ3v) is 7.95. The van der Waals surface area contributed by atoms with Crippen molar-refractivity contribution in [1.29, 1.82) is 0 Å². The lowest BCUT2D eigenvalue weighted by Gasteiger charge is -2.25. The molecular formula is C27H38ClN6OP. The van der Waals surface area contributed by atoms with Crippen LogP contribution in [-0.2, 0) is 0 Å². The number of hydrogen-bond donors (Lipinski definition) is 2. The van der Waals surface area contributed by atoms with Gasteiger partial charge in [0.25, 0.3) is 0 Å². The molecule has 194 valence electrons. The Balaban J connectivity index is 1.90. The minimum Gasteiger partial charge on any atom is -0.494 e. The fourth-order valence-corrected chi connectivity index (χ4v) is 5.66. The minimum absolute atomic E-state index is 0.320. The summed E-state index contributed by atoms with van der Waals surface area (Å²) in [5, 5.41) is 8.56. The number of ether oxygens (including phenoxy) is 1. The van der Waals surface area contributed by atoms with Crippen LogP contribution in [-0.4, -0.2) is 69.5 Å². The molecule has 3 rings (SSSR count). The van der Waals surface area contributed by atoms with E-state index in [9.17, 15) is 0 Å². The summed E-state index contributed by atoms with van der Waals surface area (Å²) in [5.74, 6) is 1.72. The van der Waals surface area contributed by atoms with Gasteiger partial charge in [0.05, 0.1) is 19.0 Å². The van der Waals surface area contributed by atoms with E-state index in [-0.39, 0.29) is 7.92 Å². The summed E-state index contributed by atoms with van der Waals surface area (Å²) in [6, 6.07) is 8.34. The maximum atomic E-state index is 6.50. The monoisotopic (exact) mass is 528 g/mol. The molecule has 0 bridgehead atoms. The number of aromatic nitrogens is 2. The number of likely N-dealkylation sites (N-methyl/N-ethyl adjacent to an activating group) is 2. The summed E-state index contributed by atoms with van der Waals surface area (Å²) < 4.78 is 5.71. The van der Waals surface area contributed by atoms with E-state index in [2.05, 4.69) is 105 Å². The van der Waals surface area contributed by atoms with Crippen molar-refractivity contribution >= 4 is 53.7 Å². The Morgan fingerprint density at radius 1 is 0.972 bits per heavy atom. The van der Waals surface area contributed by atoms with E-state index in [1.54, 1.807) is 13.3 Å². The second-order valence-corrected chi connectivity index (χ2v) is 12.1. The molecule has 0 radical (unpaired) electrons. The Morgan fingerprint density at radius 3 is 2.33 bits per heavy atom. The van der Waals surface area contributed by atoms with Gasteiger partial charge in [-0.2, -0.15) is 4.98 Å². The van der Waals surface area contributed by atoms with E-state index >= 15 is 0 Å². The Kier molecular flexibility index (Phi) is 9.40. The largest absolute Gasteiger partial charge is 0.494 e. The van der Waals surface area contributed by atoms with Crippen molar-refractivity contribution in [1.82, 2.24) is 14.9 Å². The molecule has 7 nitrogen and oxygen atoms in total. The van der Waals surface area contributed by atoms with Crippen molar-refractivity contribution in [2.75, 3.05) is 70.2 Å². The van der Waals surface area contributed by atoms with E-state index in [0.29, 0.717) is 16.8 Å². The van der Waals surface area contributed by atoms with E-state index in [0.717, 1.165) is 41.5 Å². The lowest BCUT2D eigenvalue weighted by atomic mass is 10.1. The number of halogens is 1. The van der Waals surface area contributed by atoms with Gasteiger partial charge in [0.15, 0.2) is 5.82 Å². The van der Waals surface area contributed by atoms with E-state index in [1.165, 1.54) is 16.4 Å². The molecule has 1 heterocycles. The quantitative estimate of drug-likeness (QED) is 0.317. The van der Waals surface area contributed by atoms with Gasteiger partial charge in [0.1, 0.15) is 10.8 Å². The molecule has 36 heavy (non-hydrogen) atoms. The van der Waals surface area contributed by atoms with Crippen LogP contribution < -0.4 is 25.6 Å². The molecule has 1 aromatic heterocycles. The van der Waals surface area contributed by atoms with Crippen molar-refractivity contribution in [3.05, 3.63) is 52.2 Å². The molecule has 0 saturated heterocycles. The van der Waals surface area contributed by atoms with E-state index in [1.807, 2.05) is 0 Å². The molecule has 0 saturated carbocycles. The maximum absolute atomic E-state index is 6.50. The highest BCUT2D eigenvalue weighted by atomic mass is 35.5. The van der Waals surface area contributed by atoms with Crippen LogP contribution in [0.25, 0.3) is 0 Å². The fraction of sp³-hybridized carbons (Fsp3) is 0.407. The lowest BCUT2D eigenvalue weighted by molar-refractivity contribution is 0.413. The molecule has 3 aromatic rings. The first-order valence-corrected chi connectivity index (χ1v) is 14.5. The van der Waals surface area contributed by atoms with Gasteiger partial charge < -0.3 is 25.2 Å². The molecule has 0 aliphatic heterocycles. The first-order chi connectivity index (χ1) is 17.0. The number of aryl methyl sites for hydroxylation is 2. The number of nitrogens with zero attached hydrogens (tertiary/aromatic N) is 4. The zero-order chi connectivity index (χ0) is 26.6. The van der Waals surface area contributed by atoms with Crippen molar-refractivity contribution in [3.63, 3.8) is 0 Å². The Hall–Kier alpha value is -2.60. The Labute approximate surface area is 222 Å². The average Bonchev–Trinajstić information content (AvgIpc) is 2.82. The zero-order valence-electron chi connectivity index (χ0n) is 22.8. The maximum Gasteiger partial charge on any atom is 0.229 e. The molecule has 2 N–H and O–H groups in total. The molecular weight excluding hydrogens is 491 g/mol. The zero-order valence-corrected chi connectivity index (χ0v) is 24.5. The van der Waals surface area contributed by atoms with Gasteiger partial charge in [-0.1, -0.05) is 25.6 Å². The van der Waals surface area contributed by atoms with Crippen LogP contribution in [0.2, 0.25) is 5.02 Å². The molecule has 0 spiro atoms. The van der Waals surface area contributed by atoms with Gasteiger partial charge in [0.2, 0.25) is 5.95 Å². The highest BCUT2D eigenvalue weighted by Gasteiger charge is 2.16. The van der Waals surface area contributed by atoms with Crippen molar-refractivity contribution < 1.29 is 4.74 Å². The Bertz CT molecular complexity index is 1220. The molecule has 0 fully saturated rings. The van der Waals surface area contributed by atoms with Crippen molar-refractivity contribution in [3.8, 4) is 5.75 Å². The summed E-state index contributed by atoms with van der Waals surface area (Å²) in [6.45, 7) is 12.8. The lowest BCUT2D eigenvalue weighted by Crippen LogP contribution is -2.28. The van der Waals surface area contributed by atoms with Crippen molar-refractivity contribution in [2.24, 2.45) is 0 Å². The summed E-state index contributed by atoms with van der Waals surface area (Å²) in [7, 11) is 7.60. The number of benzene rings is 2. The van der Waals surface area contributed by atoms with Crippen LogP contribution in [0.4, 0.5) is 28.8 Å². The predicted octanol–water partition coefficient (Wildman–Crippen LogP) is 5.92. The van der Waals surface area contributed by atoms with Crippen molar-refractivity contribution in [2.45, 2.75) is 20.8 Å². The van der Waals surface area contributed by atoms with Crippen LogP contribution in [0.15, 0.2) is 30.5 Å². The van der Waals surface area contributed by atoms with E-state index < -0.39 is 0 Å². The molecule has 0 aliphatic carbocycles. The number of rotatable bonds is 10. The first kappa shape index (κ1) is 28.0. The second kappa shape index (κ2) is 12.1. The third kappa shape index (κ3) is 6.58. The van der Waals surface area contributed by atoms with Gasteiger partial charge in [-0.3, -0.25) is 0 Å². The summed E-state index contributed by atoms with van der Waals surface area (Å²) in [4.78, 5) is 13.5. The fourth-order valence-electron chi connectivity index (χ4n) is 4.07. The smallest absolute Gasteiger partial charge is 0.229 e. The van der Waals surface area contributed by atoms with Gasteiger partial charge in [-0.15, -0.1) is 0 Å². The molecule has 0 amide bonds. The number of hydrogen-bond acceptors (Lipinski definition) is 7. The topological polar surface area (TPSA) is 65.6 Å². The molecule has 0 atom stereocenters. The van der Waals surface area contributed by atoms with Crippen LogP contribution in [0.3, 0.4) is 0 Å². The minimum atomic E-state index is -0.320. The molecule has 0 unspecified atom stereocenters. The SMILES string of the molecule is COc1cc(N(C)CCN(C)C)c(C)cc1Nc1ncc(Cl)c(Nc2ccc(C)c(C)c2P(C)C)n1. The molecule has 0 aliphatic rings. The van der Waals surface area contributed by atoms with Crippen LogP contribution in [0.1, 0.15) is 16.7 Å². The molecule has 9 heteroatoms. The molecule has 2 aromatic carbocycles. The average molecular weight is 529 g/mol. The third-order valence-electron chi connectivity index (χ3n) is 6.20. The van der Waals surface area contributed by atoms with Gasteiger partial charge in [-0.25, -0.2) is 4.98 Å². The standard InChI is InChI=1S/C27H38ClN6OP/c1-17-10-11-21(25(19(17)3)36(8)9)30-26-20(28)16-29-27(32-26)31-22-14-18(2)23(15-24(22)35-7)34(6)13-12-33(4)5/h10-11,14-16H,12-13H2,1-9H3,(H2,29,30,31,32). The van der Waals surface area contributed by atoms with Crippen LogP contribution in [0.5, 0.6) is 5.75 Å². The van der Waals surface area contributed by atoms with Crippen LogP contribution in [0, 0.1) is 20.8 Å². The Morgan fingerprint density at radius 2 is 1.69 bits per heavy atom. The predicted molar refractivity (Wildman–Crippen MR) is 157 cm³/mol. The number of methoxy groups -OCH3 is 1. The van der Waals surface area contributed by atoms with Gasteiger partial charge in [-0.05, 0) is 77.0 Å². The first-order valence-electron chi connectivity index (χ1n) is 11.9. The highest BCUT2D eigenvalue weighted by molar-refractivity contribution is 7.64. The summed E-state index contributed by atoms with van der Waals surface area (Å²) in [6.07, 6.45) is 1.61. The highest BCUT2D eigenvalue weighted by Crippen LogP contribution is 2.36. The number of anilines is 5. The van der Waals surface area contributed by atoms with Crippen LogP contribution >= 0.6 is 19.5 Å². The number of nitrogens with one attached hydrogen (secondary N) is 2. The second-order valence-electron chi connectivity index (χ2n) is 9.50. The van der Waals surface area contributed by atoms with E-state index in [4.69, 9.17) is 21.3 Å². The van der Waals surface area contributed by atoms with Gasteiger partial charge >= 0.3 is 0 Å².